The first-order valence-corrected chi connectivity index (χ1v) is 10.7. The number of alkyl halides is 3. The lowest BCUT2D eigenvalue weighted by molar-refractivity contribution is -0.274. The van der Waals surface area contributed by atoms with Gasteiger partial charge in [-0.1, -0.05) is 6.42 Å². The van der Waals surface area contributed by atoms with E-state index in [1.165, 1.54) is 31.4 Å². The summed E-state index contributed by atoms with van der Waals surface area (Å²) in [6.07, 6.45) is 0.197. The number of anilines is 1. The van der Waals surface area contributed by atoms with E-state index in [9.17, 15) is 22.8 Å². The molecule has 7 nitrogen and oxygen atoms in total. The second kappa shape index (κ2) is 10.7. The number of nitrogens with zero attached hydrogens (tertiary/aromatic N) is 3. The van der Waals surface area contributed by atoms with Crippen LogP contribution in [-0.2, 0) is 4.79 Å². The molecule has 2 heterocycles. The third kappa shape index (κ3) is 7.61. The number of ether oxygens (including phenoxy) is 1. The molecule has 2 aliphatic heterocycles. The van der Waals surface area contributed by atoms with Crippen molar-refractivity contribution in [1.82, 2.24) is 14.7 Å². The molecule has 172 valence electrons. The van der Waals surface area contributed by atoms with Gasteiger partial charge in [0.25, 0.3) is 0 Å². The average Bonchev–Trinajstić information content (AvgIpc) is 2.91. The van der Waals surface area contributed by atoms with E-state index in [0.29, 0.717) is 31.9 Å². The standard InChI is InChI=1S/C21H29F3N4O3/c22-21(23,24)31-18-7-5-17(6-8-18)25-20(30)28-14-9-19(29)27(15-16-28)13-4-12-26-10-2-1-3-11-26/h5-8H,1-4,9-16H2,(H,25,30). The maximum absolute atomic E-state index is 12.5. The molecule has 1 N–H and O–H groups in total. The molecule has 0 spiro atoms. The molecule has 0 atom stereocenters. The Bertz CT molecular complexity index is 736. The number of nitrogens with one attached hydrogen (secondary N) is 1. The molecule has 2 saturated heterocycles. The molecular weight excluding hydrogens is 413 g/mol. The van der Waals surface area contributed by atoms with Crippen LogP contribution in [0.15, 0.2) is 24.3 Å². The van der Waals surface area contributed by atoms with Crippen LogP contribution in [0.4, 0.5) is 23.7 Å². The molecule has 31 heavy (non-hydrogen) atoms. The van der Waals surface area contributed by atoms with Crippen LogP contribution in [-0.4, -0.2) is 78.8 Å². The monoisotopic (exact) mass is 442 g/mol. The number of benzene rings is 1. The van der Waals surface area contributed by atoms with Crippen LogP contribution in [0.2, 0.25) is 0 Å². The lowest BCUT2D eigenvalue weighted by Crippen LogP contribution is -2.39. The second-order valence-corrected chi connectivity index (χ2v) is 7.88. The molecule has 1 aromatic rings. The number of urea groups is 1. The Morgan fingerprint density at radius 1 is 0.968 bits per heavy atom. The molecule has 1 aromatic carbocycles. The number of amides is 3. The molecule has 0 unspecified atom stereocenters. The van der Waals surface area contributed by atoms with E-state index in [1.807, 2.05) is 4.90 Å². The van der Waals surface area contributed by atoms with Gasteiger partial charge in [-0.05, 0) is 63.2 Å². The van der Waals surface area contributed by atoms with E-state index in [1.54, 1.807) is 4.90 Å². The molecule has 2 fully saturated rings. The third-order valence-electron chi connectivity index (χ3n) is 5.57. The minimum absolute atomic E-state index is 0.0441. The van der Waals surface area contributed by atoms with Crippen molar-refractivity contribution < 1.29 is 27.5 Å². The largest absolute Gasteiger partial charge is 0.573 e. The maximum atomic E-state index is 12.5. The quantitative estimate of drug-likeness (QED) is 0.732. The molecule has 3 rings (SSSR count). The van der Waals surface area contributed by atoms with Gasteiger partial charge in [0.2, 0.25) is 5.91 Å². The Labute approximate surface area is 180 Å². The van der Waals surface area contributed by atoms with Gasteiger partial charge in [0.15, 0.2) is 0 Å². The number of carbonyl (C=O) groups is 2. The molecule has 2 aliphatic rings. The van der Waals surface area contributed by atoms with Crippen LogP contribution in [0.1, 0.15) is 32.1 Å². The Kier molecular flexibility index (Phi) is 8.00. The van der Waals surface area contributed by atoms with Crippen LogP contribution >= 0.6 is 0 Å². The van der Waals surface area contributed by atoms with Crippen LogP contribution in [0.3, 0.4) is 0 Å². The summed E-state index contributed by atoms with van der Waals surface area (Å²) >= 11 is 0. The summed E-state index contributed by atoms with van der Waals surface area (Å²) < 4.78 is 40.5. The van der Waals surface area contributed by atoms with Gasteiger partial charge in [-0.25, -0.2) is 4.79 Å². The third-order valence-corrected chi connectivity index (χ3v) is 5.57. The summed E-state index contributed by atoms with van der Waals surface area (Å²) in [6.45, 7) is 5.13. The zero-order valence-corrected chi connectivity index (χ0v) is 17.5. The fourth-order valence-electron chi connectivity index (χ4n) is 3.92. The predicted molar refractivity (Wildman–Crippen MR) is 110 cm³/mol. The number of likely N-dealkylation sites (tertiary alicyclic amines) is 1. The number of halogens is 3. The number of hydrogen-bond acceptors (Lipinski definition) is 4. The second-order valence-electron chi connectivity index (χ2n) is 7.88. The van der Waals surface area contributed by atoms with Crippen LogP contribution in [0.25, 0.3) is 0 Å². The van der Waals surface area contributed by atoms with E-state index in [4.69, 9.17) is 0 Å². The zero-order valence-electron chi connectivity index (χ0n) is 17.5. The molecule has 0 bridgehead atoms. The van der Waals surface area contributed by atoms with E-state index >= 15 is 0 Å². The van der Waals surface area contributed by atoms with Crippen molar-refractivity contribution in [2.24, 2.45) is 0 Å². The highest BCUT2D eigenvalue weighted by Crippen LogP contribution is 2.24. The van der Waals surface area contributed by atoms with E-state index in [-0.39, 0.29) is 24.1 Å². The van der Waals surface area contributed by atoms with Crippen molar-refractivity contribution in [3.8, 4) is 5.75 Å². The number of piperidine rings is 1. The summed E-state index contributed by atoms with van der Waals surface area (Å²) in [4.78, 5) is 30.8. The van der Waals surface area contributed by atoms with Gasteiger partial charge in [0.05, 0.1) is 0 Å². The summed E-state index contributed by atoms with van der Waals surface area (Å²) in [5.41, 5.74) is 0.355. The Morgan fingerprint density at radius 2 is 1.68 bits per heavy atom. The van der Waals surface area contributed by atoms with Gasteiger partial charge in [-0.2, -0.15) is 0 Å². The van der Waals surface area contributed by atoms with Crippen LogP contribution in [0, 0.1) is 0 Å². The first-order valence-electron chi connectivity index (χ1n) is 10.7. The number of rotatable bonds is 6. The minimum Gasteiger partial charge on any atom is -0.406 e. The topological polar surface area (TPSA) is 65.1 Å². The minimum atomic E-state index is -4.76. The van der Waals surface area contributed by atoms with Gasteiger partial charge < -0.3 is 24.8 Å². The van der Waals surface area contributed by atoms with Crippen molar-refractivity contribution in [3.05, 3.63) is 24.3 Å². The molecule has 0 aliphatic carbocycles. The molecule has 10 heteroatoms. The molecule has 3 amide bonds. The van der Waals surface area contributed by atoms with E-state index < -0.39 is 6.36 Å². The molecule has 0 aromatic heterocycles. The molecule has 0 radical (unpaired) electrons. The summed E-state index contributed by atoms with van der Waals surface area (Å²) in [7, 11) is 0. The van der Waals surface area contributed by atoms with Gasteiger partial charge >= 0.3 is 12.4 Å². The Balaban J connectivity index is 1.44. The predicted octanol–water partition coefficient (Wildman–Crippen LogP) is 3.53. The van der Waals surface area contributed by atoms with Gasteiger partial charge in [-0.15, -0.1) is 13.2 Å². The van der Waals surface area contributed by atoms with Gasteiger partial charge in [0, 0.05) is 38.3 Å². The van der Waals surface area contributed by atoms with E-state index in [0.717, 1.165) is 38.2 Å². The number of hydrogen-bond donors (Lipinski definition) is 1. The first-order chi connectivity index (χ1) is 14.8. The van der Waals surface area contributed by atoms with Crippen molar-refractivity contribution >= 4 is 17.6 Å². The van der Waals surface area contributed by atoms with Crippen molar-refractivity contribution in [2.75, 3.05) is 51.1 Å². The summed E-state index contributed by atoms with van der Waals surface area (Å²) in [5.74, 6) is -0.311. The SMILES string of the molecule is O=C1CCN(C(=O)Nc2ccc(OC(F)(F)F)cc2)CCN1CCCN1CCCCC1. The van der Waals surface area contributed by atoms with Gasteiger partial charge in [-0.3, -0.25) is 4.79 Å². The molecule has 0 saturated carbocycles. The van der Waals surface area contributed by atoms with Crippen LogP contribution in [0.5, 0.6) is 5.75 Å². The van der Waals surface area contributed by atoms with Crippen molar-refractivity contribution in [1.29, 1.82) is 0 Å². The lowest BCUT2D eigenvalue weighted by Gasteiger charge is -2.28. The van der Waals surface area contributed by atoms with Gasteiger partial charge in [0.1, 0.15) is 5.75 Å². The smallest absolute Gasteiger partial charge is 0.406 e. The highest BCUT2D eigenvalue weighted by atomic mass is 19.4. The first kappa shape index (κ1) is 23.2. The highest BCUT2D eigenvalue weighted by molar-refractivity contribution is 5.90. The fraction of sp³-hybridized carbons (Fsp3) is 0.619. The van der Waals surface area contributed by atoms with Crippen LogP contribution < -0.4 is 10.1 Å². The normalized spacial score (nSPS) is 18.6. The number of carbonyl (C=O) groups excluding carboxylic acids is 2. The van der Waals surface area contributed by atoms with E-state index in [2.05, 4.69) is 15.0 Å². The van der Waals surface area contributed by atoms with Crippen molar-refractivity contribution in [2.45, 2.75) is 38.5 Å². The zero-order chi connectivity index (χ0) is 22.3. The Hall–Kier alpha value is -2.49. The van der Waals surface area contributed by atoms with Crippen molar-refractivity contribution in [3.63, 3.8) is 0 Å². The summed E-state index contributed by atoms with van der Waals surface area (Å²) in [6, 6.07) is 4.58. The average molecular weight is 442 g/mol. The lowest BCUT2D eigenvalue weighted by atomic mass is 10.1. The molecular formula is C21H29F3N4O3. The highest BCUT2D eigenvalue weighted by Gasteiger charge is 2.31. The summed E-state index contributed by atoms with van der Waals surface area (Å²) in [5, 5.41) is 2.66. The maximum Gasteiger partial charge on any atom is 0.573 e. The fourth-order valence-corrected chi connectivity index (χ4v) is 3.92. The Morgan fingerprint density at radius 3 is 2.35 bits per heavy atom.